The second-order valence-corrected chi connectivity index (χ2v) is 6.68. The first kappa shape index (κ1) is 16.6. The molecule has 1 saturated heterocycles. The van der Waals surface area contributed by atoms with Gasteiger partial charge in [0.15, 0.2) is 5.11 Å². The van der Waals surface area contributed by atoms with Crippen LogP contribution in [0, 0.1) is 5.92 Å². The lowest BCUT2D eigenvalue weighted by Crippen LogP contribution is -2.34. The Morgan fingerprint density at radius 1 is 1.33 bits per heavy atom. The molecule has 1 aliphatic heterocycles. The number of nitrogens with zero attached hydrogens (tertiary/aromatic N) is 3. The van der Waals surface area contributed by atoms with E-state index in [-0.39, 0.29) is 0 Å². The molecule has 0 aliphatic carbocycles. The summed E-state index contributed by atoms with van der Waals surface area (Å²) in [4.78, 5) is 11.0. The molecule has 3 heterocycles. The van der Waals surface area contributed by atoms with Crippen molar-refractivity contribution in [1.82, 2.24) is 15.3 Å². The minimum atomic E-state index is 0.583. The molecule has 0 spiro atoms. The Morgan fingerprint density at radius 2 is 2.25 bits per heavy atom. The minimum absolute atomic E-state index is 0.583. The molecule has 5 nitrogen and oxygen atoms in total. The zero-order valence-electron chi connectivity index (χ0n) is 13.9. The van der Waals surface area contributed by atoms with Crippen LogP contribution in [0.1, 0.15) is 25.3 Å². The average Bonchev–Trinajstić information content (AvgIpc) is 2.61. The van der Waals surface area contributed by atoms with Crippen LogP contribution in [0.5, 0.6) is 0 Å². The third-order valence-electron chi connectivity index (χ3n) is 4.16. The molecular formula is C18H23N5S. The van der Waals surface area contributed by atoms with Gasteiger partial charge in [0.25, 0.3) is 0 Å². The number of hydrogen-bond donors (Lipinski definition) is 2. The standard InChI is InChI=1S/C18H23N5S/c1-14-4-3-9-23(13-14)17-7-6-16(12-20-17)22-18(24)21-11-15-5-2-8-19-10-15/h2,5-8,10,12,14H,3-4,9,11,13H2,1H3,(H2,21,22,24). The molecule has 3 rings (SSSR count). The third-order valence-corrected chi connectivity index (χ3v) is 4.41. The molecule has 1 fully saturated rings. The molecule has 0 bridgehead atoms. The van der Waals surface area contributed by atoms with E-state index in [1.165, 1.54) is 12.8 Å². The Balaban J connectivity index is 1.51. The highest BCUT2D eigenvalue weighted by Gasteiger charge is 2.17. The van der Waals surface area contributed by atoms with Gasteiger partial charge in [-0.2, -0.15) is 0 Å². The van der Waals surface area contributed by atoms with E-state index in [2.05, 4.69) is 38.5 Å². The SMILES string of the molecule is CC1CCCN(c2ccc(NC(=S)NCc3cccnc3)cn2)C1. The van der Waals surface area contributed by atoms with Crippen molar-refractivity contribution in [2.75, 3.05) is 23.3 Å². The van der Waals surface area contributed by atoms with Gasteiger partial charge in [-0.05, 0) is 54.7 Å². The van der Waals surface area contributed by atoms with Gasteiger partial charge in [-0.15, -0.1) is 0 Å². The number of pyridine rings is 2. The average molecular weight is 341 g/mol. The Labute approximate surface area is 148 Å². The van der Waals surface area contributed by atoms with Crippen molar-refractivity contribution < 1.29 is 0 Å². The number of aromatic nitrogens is 2. The van der Waals surface area contributed by atoms with E-state index in [1.54, 1.807) is 6.20 Å². The van der Waals surface area contributed by atoms with Gasteiger partial charge in [-0.3, -0.25) is 4.98 Å². The number of nitrogens with one attached hydrogen (secondary N) is 2. The topological polar surface area (TPSA) is 53.1 Å². The summed E-state index contributed by atoms with van der Waals surface area (Å²) in [6, 6.07) is 8.01. The predicted molar refractivity (Wildman–Crippen MR) is 102 cm³/mol. The van der Waals surface area contributed by atoms with Crippen LogP contribution in [0.15, 0.2) is 42.9 Å². The lowest BCUT2D eigenvalue weighted by atomic mass is 10.0. The van der Waals surface area contributed by atoms with Gasteiger partial charge in [-0.1, -0.05) is 13.0 Å². The summed E-state index contributed by atoms with van der Waals surface area (Å²) < 4.78 is 0. The van der Waals surface area contributed by atoms with Crippen LogP contribution in [0.3, 0.4) is 0 Å². The van der Waals surface area contributed by atoms with Crippen molar-refractivity contribution in [3.8, 4) is 0 Å². The molecular weight excluding hydrogens is 318 g/mol. The highest BCUT2D eigenvalue weighted by molar-refractivity contribution is 7.80. The summed E-state index contributed by atoms with van der Waals surface area (Å²) in [6.45, 7) is 5.13. The van der Waals surface area contributed by atoms with E-state index in [4.69, 9.17) is 12.2 Å². The van der Waals surface area contributed by atoms with E-state index in [9.17, 15) is 0 Å². The maximum atomic E-state index is 5.33. The maximum absolute atomic E-state index is 5.33. The van der Waals surface area contributed by atoms with Crippen LogP contribution >= 0.6 is 12.2 Å². The number of rotatable bonds is 4. The lowest BCUT2D eigenvalue weighted by molar-refractivity contribution is 0.444. The molecule has 2 N–H and O–H groups in total. The fraction of sp³-hybridized carbons (Fsp3) is 0.389. The first-order valence-corrected chi connectivity index (χ1v) is 8.76. The number of thiocarbonyl (C=S) groups is 1. The molecule has 0 saturated carbocycles. The van der Waals surface area contributed by atoms with Crippen molar-refractivity contribution in [3.63, 3.8) is 0 Å². The summed E-state index contributed by atoms with van der Waals surface area (Å²) >= 11 is 5.33. The van der Waals surface area contributed by atoms with Crippen molar-refractivity contribution in [2.45, 2.75) is 26.3 Å². The van der Waals surface area contributed by atoms with E-state index in [1.807, 2.05) is 30.6 Å². The normalized spacial score (nSPS) is 17.4. The second-order valence-electron chi connectivity index (χ2n) is 6.27. The van der Waals surface area contributed by atoms with Crippen LogP contribution in [0.2, 0.25) is 0 Å². The van der Waals surface area contributed by atoms with Gasteiger partial charge < -0.3 is 15.5 Å². The summed E-state index contributed by atoms with van der Waals surface area (Å²) in [5.41, 5.74) is 1.99. The van der Waals surface area contributed by atoms with E-state index in [0.717, 1.165) is 36.1 Å². The Kier molecular flexibility index (Phi) is 5.59. The maximum Gasteiger partial charge on any atom is 0.171 e. The van der Waals surface area contributed by atoms with Crippen LogP contribution in [0.4, 0.5) is 11.5 Å². The number of hydrogen-bond acceptors (Lipinski definition) is 4. The summed E-state index contributed by atoms with van der Waals surface area (Å²) in [5.74, 6) is 1.78. The van der Waals surface area contributed by atoms with Gasteiger partial charge in [-0.25, -0.2) is 4.98 Å². The van der Waals surface area contributed by atoms with E-state index < -0.39 is 0 Å². The summed E-state index contributed by atoms with van der Waals surface area (Å²) in [5, 5.41) is 6.93. The van der Waals surface area contributed by atoms with Gasteiger partial charge in [0, 0.05) is 32.0 Å². The van der Waals surface area contributed by atoms with E-state index in [0.29, 0.717) is 11.7 Å². The van der Waals surface area contributed by atoms with Crippen LogP contribution in [-0.4, -0.2) is 28.2 Å². The van der Waals surface area contributed by atoms with Crippen molar-refractivity contribution >= 4 is 28.8 Å². The van der Waals surface area contributed by atoms with Crippen LogP contribution in [-0.2, 0) is 6.54 Å². The highest BCUT2D eigenvalue weighted by atomic mass is 32.1. The molecule has 2 aromatic rings. The molecule has 2 aromatic heterocycles. The zero-order valence-corrected chi connectivity index (χ0v) is 14.7. The molecule has 1 unspecified atom stereocenters. The van der Waals surface area contributed by atoms with Crippen LogP contribution in [0.25, 0.3) is 0 Å². The molecule has 24 heavy (non-hydrogen) atoms. The summed E-state index contributed by atoms with van der Waals surface area (Å²) in [7, 11) is 0. The largest absolute Gasteiger partial charge is 0.358 e. The monoisotopic (exact) mass is 341 g/mol. The molecule has 126 valence electrons. The number of anilines is 2. The predicted octanol–water partition coefficient (Wildman–Crippen LogP) is 3.20. The van der Waals surface area contributed by atoms with E-state index >= 15 is 0 Å². The fourth-order valence-electron chi connectivity index (χ4n) is 2.90. The summed E-state index contributed by atoms with van der Waals surface area (Å²) in [6.07, 6.45) is 7.98. The third kappa shape index (κ3) is 4.64. The van der Waals surface area contributed by atoms with Crippen molar-refractivity contribution in [2.24, 2.45) is 5.92 Å². The first-order valence-electron chi connectivity index (χ1n) is 8.35. The molecule has 1 atom stereocenters. The Morgan fingerprint density at radius 3 is 2.96 bits per heavy atom. The molecule has 0 amide bonds. The quantitative estimate of drug-likeness (QED) is 0.833. The Bertz CT molecular complexity index is 659. The highest BCUT2D eigenvalue weighted by Crippen LogP contribution is 2.22. The molecule has 0 radical (unpaired) electrons. The van der Waals surface area contributed by atoms with Gasteiger partial charge in [0.2, 0.25) is 0 Å². The second kappa shape index (κ2) is 8.06. The molecule has 0 aromatic carbocycles. The lowest BCUT2D eigenvalue weighted by Gasteiger charge is -2.31. The molecule has 6 heteroatoms. The van der Waals surface area contributed by atoms with Crippen molar-refractivity contribution in [1.29, 1.82) is 0 Å². The van der Waals surface area contributed by atoms with Gasteiger partial charge in [0.1, 0.15) is 5.82 Å². The minimum Gasteiger partial charge on any atom is -0.358 e. The van der Waals surface area contributed by atoms with Crippen molar-refractivity contribution in [3.05, 3.63) is 48.4 Å². The first-order chi connectivity index (χ1) is 11.7. The zero-order chi connectivity index (χ0) is 16.8. The Hall–Kier alpha value is -2.21. The fourth-order valence-corrected chi connectivity index (χ4v) is 3.09. The molecule has 1 aliphatic rings. The van der Waals surface area contributed by atoms with Gasteiger partial charge in [0.05, 0.1) is 11.9 Å². The smallest absolute Gasteiger partial charge is 0.171 e. The van der Waals surface area contributed by atoms with Crippen LogP contribution < -0.4 is 15.5 Å². The number of piperidine rings is 1. The van der Waals surface area contributed by atoms with Gasteiger partial charge >= 0.3 is 0 Å².